The largest absolute Gasteiger partial charge is 0.377 e. The SMILES string of the molecule is CC[C@H]([NH3+])C(=O)N1CCOCCOCCOCCOCC1. The van der Waals surface area contributed by atoms with Crippen LogP contribution >= 0.6 is 0 Å². The first kappa shape index (κ1) is 18.3. The number of amides is 1. The Hall–Kier alpha value is -0.730. The molecule has 1 heterocycles. The molecule has 1 atom stereocenters. The van der Waals surface area contributed by atoms with E-state index in [1.165, 1.54) is 0 Å². The summed E-state index contributed by atoms with van der Waals surface area (Å²) in [4.78, 5) is 14.0. The number of carbonyl (C=O) groups excluding carboxylic acids is 1. The van der Waals surface area contributed by atoms with E-state index in [-0.39, 0.29) is 11.9 Å². The first-order chi connectivity index (χ1) is 10.3. The molecule has 0 spiro atoms. The summed E-state index contributed by atoms with van der Waals surface area (Å²) in [5.41, 5.74) is 3.89. The van der Waals surface area contributed by atoms with E-state index in [0.29, 0.717) is 65.9 Å². The van der Waals surface area contributed by atoms with Crippen LogP contribution in [0.3, 0.4) is 0 Å². The van der Waals surface area contributed by atoms with Crippen LogP contribution in [0.2, 0.25) is 0 Å². The minimum Gasteiger partial charge on any atom is -0.377 e. The van der Waals surface area contributed by atoms with Crippen molar-refractivity contribution < 1.29 is 29.5 Å². The molecule has 7 heteroatoms. The normalized spacial score (nSPS) is 22.1. The Balaban J connectivity index is 2.41. The van der Waals surface area contributed by atoms with Crippen molar-refractivity contribution in [1.29, 1.82) is 0 Å². The summed E-state index contributed by atoms with van der Waals surface area (Å²) >= 11 is 0. The lowest BCUT2D eigenvalue weighted by atomic mass is 10.2. The van der Waals surface area contributed by atoms with Crippen LogP contribution < -0.4 is 5.73 Å². The smallest absolute Gasteiger partial charge is 0.280 e. The molecule has 1 fully saturated rings. The molecule has 0 unspecified atom stereocenters. The highest BCUT2D eigenvalue weighted by Crippen LogP contribution is 1.97. The predicted octanol–water partition coefficient (Wildman–Crippen LogP) is -1.08. The van der Waals surface area contributed by atoms with Crippen molar-refractivity contribution >= 4 is 5.91 Å². The highest BCUT2D eigenvalue weighted by Gasteiger charge is 2.22. The van der Waals surface area contributed by atoms with Gasteiger partial charge in [0.05, 0.1) is 52.9 Å². The molecule has 124 valence electrons. The lowest BCUT2D eigenvalue weighted by Gasteiger charge is -2.23. The van der Waals surface area contributed by atoms with E-state index in [2.05, 4.69) is 5.73 Å². The molecule has 0 saturated carbocycles. The van der Waals surface area contributed by atoms with Gasteiger partial charge in [0.15, 0.2) is 6.04 Å². The summed E-state index contributed by atoms with van der Waals surface area (Å²) in [6.45, 7) is 7.35. The number of quaternary nitrogens is 1. The number of rotatable bonds is 2. The van der Waals surface area contributed by atoms with Crippen LogP contribution in [0.4, 0.5) is 0 Å². The van der Waals surface area contributed by atoms with Crippen LogP contribution in [0.25, 0.3) is 0 Å². The van der Waals surface area contributed by atoms with Gasteiger partial charge in [0.2, 0.25) is 0 Å². The third-order valence-electron chi connectivity index (χ3n) is 3.28. The first-order valence-electron chi connectivity index (χ1n) is 7.68. The lowest BCUT2D eigenvalue weighted by molar-refractivity contribution is -0.406. The fourth-order valence-electron chi connectivity index (χ4n) is 1.88. The quantitative estimate of drug-likeness (QED) is 0.701. The molecule has 0 bridgehead atoms. The zero-order valence-electron chi connectivity index (χ0n) is 13.1. The molecule has 1 amide bonds. The molecule has 1 rings (SSSR count). The van der Waals surface area contributed by atoms with E-state index in [0.717, 1.165) is 6.42 Å². The molecular weight excluding hydrogens is 276 g/mol. The average Bonchev–Trinajstić information content (AvgIpc) is 2.52. The highest BCUT2D eigenvalue weighted by molar-refractivity contribution is 5.80. The van der Waals surface area contributed by atoms with E-state index >= 15 is 0 Å². The number of nitrogens with zero attached hydrogens (tertiary/aromatic N) is 1. The minimum atomic E-state index is -0.209. The van der Waals surface area contributed by atoms with E-state index in [4.69, 9.17) is 18.9 Å². The molecule has 0 aliphatic carbocycles. The Morgan fingerprint density at radius 1 is 0.905 bits per heavy atom. The van der Waals surface area contributed by atoms with E-state index in [9.17, 15) is 4.79 Å². The molecule has 0 aromatic carbocycles. The number of hydrogen-bond donors (Lipinski definition) is 1. The molecule has 3 N–H and O–H groups in total. The van der Waals surface area contributed by atoms with E-state index < -0.39 is 0 Å². The maximum atomic E-state index is 12.2. The second kappa shape index (κ2) is 11.9. The second-order valence-electron chi connectivity index (χ2n) is 4.88. The van der Waals surface area contributed by atoms with Gasteiger partial charge in [0.25, 0.3) is 5.91 Å². The van der Waals surface area contributed by atoms with Crippen LogP contribution in [-0.4, -0.2) is 82.8 Å². The standard InChI is InChI=1S/C14H28N2O5/c1-2-13(15)14(17)16-3-5-18-7-9-20-11-12-21-10-8-19-6-4-16/h13H,2-12,15H2,1H3/p+1/t13-/m0/s1. The van der Waals surface area contributed by atoms with Gasteiger partial charge in [0, 0.05) is 19.5 Å². The molecule has 1 aliphatic heterocycles. The average molecular weight is 305 g/mol. The number of hydrogen-bond acceptors (Lipinski definition) is 5. The zero-order valence-corrected chi connectivity index (χ0v) is 13.1. The van der Waals surface area contributed by atoms with Crippen LogP contribution in [0.5, 0.6) is 0 Å². The molecular formula is C14H29N2O5+. The van der Waals surface area contributed by atoms with Crippen LogP contribution in [0.1, 0.15) is 13.3 Å². The van der Waals surface area contributed by atoms with Gasteiger partial charge in [-0.25, -0.2) is 0 Å². The van der Waals surface area contributed by atoms with Gasteiger partial charge in [-0.15, -0.1) is 0 Å². The third kappa shape index (κ3) is 8.33. The Labute approximate surface area is 126 Å². The first-order valence-corrected chi connectivity index (χ1v) is 7.68. The predicted molar refractivity (Wildman–Crippen MR) is 76.8 cm³/mol. The fraction of sp³-hybridized carbons (Fsp3) is 0.929. The summed E-state index contributed by atoms with van der Waals surface area (Å²) < 4.78 is 21.7. The van der Waals surface area contributed by atoms with Crippen molar-refractivity contribution in [1.82, 2.24) is 4.90 Å². The summed E-state index contributed by atoms with van der Waals surface area (Å²) in [6.07, 6.45) is 0.735. The zero-order chi connectivity index (χ0) is 15.3. The van der Waals surface area contributed by atoms with Crippen LogP contribution in [0.15, 0.2) is 0 Å². The maximum absolute atomic E-state index is 12.2. The van der Waals surface area contributed by atoms with Gasteiger partial charge in [-0.2, -0.15) is 0 Å². The van der Waals surface area contributed by atoms with Crippen LogP contribution in [-0.2, 0) is 23.7 Å². The van der Waals surface area contributed by atoms with Gasteiger partial charge >= 0.3 is 0 Å². The van der Waals surface area contributed by atoms with Crippen molar-refractivity contribution in [2.45, 2.75) is 19.4 Å². The Bertz CT molecular complexity index is 262. The molecule has 0 aromatic rings. The molecule has 21 heavy (non-hydrogen) atoms. The van der Waals surface area contributed by atoms with Gasteiger partial charge in [-0.1, -0.05) is 6.92 Å². The molecule has 7 nitrogen and oxygen atoms in total. The molecule has 1 saturated heterocycles. The van der Waals surface area contributed by atoms with Gasteiger partial charge in [-0.3, -0.25) is 4.79 Å². The Morgan fingerprint density at radius 2 is 1.29 bits per heavy atom. The topological polar surface area (TPSA) is 84.9 Å². The summed E-state index contributed by atoms with van der Waals surface area (Å²) in [5.74, 6) is 0.0570. The molecule has 0 radical (unpaired) electrons. The summed E-state index contributed by atoms with van der Waals surface area (Å²) in [5, 5.41) is 0. The van der Waals surface area contributed by atoms with E-state index in [1.54, 1.807) is 4.90 Å². The third-order valence-corrected chi connectivity index (χ3v) is 3.28. The number of carbonyl (C=O) groups is 1. The Morgan fingerprint density at radius 3 is 1.67 bits per heavy atom. The summed E-state index contributed by atoms with van der Waals surface area (Å²) in [7, 11) is 0. The second-order valence-corrected chi connectivity index (χ2v) is 4.88. The minimum absolute atomic E-state index is 0.0570. The fourth-order valence-corrected chi connectivity index (χ4v) is 1.88. The lowest BCUT2D eigenvalue weighted by Crippen LogP contribution is -2.67. The maximum Gasteiger partial charge on any atom is 0.280 e. The van der Waals surface area contributed by atoms with E-state index in [1.807, 2.05) is 6.92 Å². The van der Waals surface area contributed by atoms with Crippen LogP contribution in [0, 0.1) is 0 Å². The van der Waals surface area contributed by atoms with Crippen molar-refractivity contribution in [2.75, 3.05) is 65.9 Å². The highest BCUT2D eigenvalue weighted by atomic mass is 16.6. The van der Waals surface area contributed by atoms with Gasteiger partial charge in [0.1, 0.15) is 0 Å². The monoisotopic (exact) mass is 305 g/mol. The molecule has 1 aliphatic rings. The van der Waals surface area contributed by atoms with Gasteiger partial charge < -0.3 is 29.6 Å². The number of ether oxygens (including phenoxy) is 4. The van der Waals surface area contributed by atoms with Crippen molar-refractivity contribution in [3.8, 4) is 0 Å². The van der Waals surface area contributed by atoms with Crippen molar-refractivity contribution in [3.05, 3.63) is 0 Å². The summed E-state index contributed by atoms with van der Waals surface area (Å²) in [6, 6.07) is -0.209. The van der Waals surface area contributed by atoms with Crippen molar-refractivity contribution in [3.63, 3.8) is 0 Å². The van der Waals surface area contributed by atoms with Gasteiger partial charge in [-0.05, 0) is 0 Å². The molecule has 0 aromatic heterocycles. The Kier molecular flexibility index (Phi) is 10.4. The van der Waals surface area contributed by atoms with Crippen molar-refractivity contribution in [2.24, 2.45) is 0 Å².